The Morgan fingerprint density at radius 2 is 1.54 bits per heavy atom. The van der Waals surface area contributed by atoms with E-state index in [9.17, 15) is 17.2 Å². The van der Waals surface area contributed by atoms with Gasteiger partial charge >= 0.3 is 0 Å². The van der Waals surface area contributed by atoms with Gasteiger partial charge in [-0.05, 0) is 54.1 Å². The van der Waals surface area contributed by atoms with E-state index in [1.54, 1.807) is 30.3 Å². The number of sulfone groups is 1. The molecule has 0 N–H and O–H groups in total. The summed E-state index contributed by atoms with van der Waals surface area (Å²) in [6, 6.07) is 16.8. The van der Waals surface area contributed by atoms with Crippen molar-refractivity contribution in [3.63, 3.8) is 0 Å². The molecule has 2 nitrogen and oxygen atoms in total. The Kier molecular flexibility index (Phi) is 5.20. The maximum absolute atomic E-state index is 14.3. The molecule has 0 amide bonds. The van der Waals surface area contributed by atoms with Crippen LogP contribution >= 0.6 is 11.6 Å². The summed E-state index contributed by atoms with van der Waals surface area (Å²) < 4.78 is 54.2. The average molecular weight is 391 g/mol. The highest BCUT2D eigenvalue weighted by Crippen LogP contribution is 2.32. The minimum Gasteiger partial charge on any atom is -0.218 e. The van der Waals surface area contributed by atoms with Gasteiger partial charge in [0.1, 0.15) is 11.6 Å². The minimum absolute atomic E-state index is 0.0623. The van der Waals surface area contributed by atoms with Crippen LogP contribution in [0.1, 0.15) is 11.1 Å². The molecular weight excluding hydrogens is 378 g/mol. The van der Waals surface area contributed by atoms with Gasteiger partial charge in [0.15, 0.2) is 0 Å². The maximum Gasteiger partial charge on any atom is 0.207 e. The molecule has 0 radical (unpaired) electrons. The summed E-state index contributed by atoms with van der Waals surface area (Å²) in [5.41, 5.74) is 0.215. The van der Waals surface area contributed by atoms with E-state index >= 15 is 0 Å². The normalized spacial score (nSPS) is 12.2. The molecule has 0 aliphatic rings. The lowest BCUT2D eigenvalue weighted by Crippen LogP contribution is -2.06. The van der Waals surface area contributed by atoms with E-state index in [0.717, 1.165) is 18.2 Å². The van der Waals surface area contributed by atoms with Crippen molar-refractivity contribution in [2.24, 2.45) is 0 Å². The largest absolute Gasteiger partial charge is 0.218 e. The van der Waals surface area contributed by atoms with E-state index in [0.29, 0.717) is 10.6 Å². The highest BCUT2D eigenvalue weighted by molar-refractivity contribution is 8.00. The molecule has 0 aliphatic carbocycles. The van der Waals surface area contributed by atoms with Crippen molar-refractivity contribution >= 4 is 32.4 Å². The van der Waals surface area contributed by atoms with Crippen molar-refractivity contribution in [2.75, 3.05) is 0 Å². The van der Waals surface area contributed by atoms with Gasteiger partial charge in [-0.15, -0.1) is 0 Å². The van der Waals surface area contributed by atoms with Gasteiger partial charge < -0.3 is 0 Å². The molecule has 0 aliphatic heterocycles. The van der Waals surface area contributed by atoms with Gasteiger partial charge in [0, 0.05) is 10.6 Å². The molecule has 0 bridgehead atoms. The lowest BCUT2D eigenvalue weighted by atomic mass is 10.1. The number of halogens is 3. The van der Waals surface area contributed by atoms with Crippen molar-refractivity contribution < 1.29 is 17.2 Å². The number of rotatable bonds is 4. The van der Waals surface area contributed by atoms with Gasteiger partial charge in [0.2, 0.25) is 9.84 Å². The van der Waals surface area contributed by atoms with Crippen LogP contribution in [0.5, 0.6) is 0 Å². The molecule has 132 valence electrons. The van der Waals surface area contributed by atoms with E-state index in [1.165, 1.54) is 30.3 Å². The van der Waals surface area contributed by atoms with Crippen LogP contribution in [0.3, 0.4) is 0 Å². The summed E-state index contributed by atoms with van der Waals surface area (Å²) in [5, 5.41) is 0.370. The Labute approximate surface area is 155 Å². The average Bonchev–Trinajstić information content (AvgIpc) is 2.63. The number of benzene rings is 3. The standard InChI is InChI=1S/C20H13ClF2O2S/c21-15-6-9-17(10-7-15)26(24,25)20(12-14-4-2-1-3-5-14)18-13-16(22)8-11-19(18)23/h1-13H/b20-12+. The van der Waals surface area contributed by atoms with Crippen LogP contribution in [-0.2, 0) is 9.84 Å². The molecule has 6 heteroatoms. The Hall–Kier alpha value is -2.50. The molecule has 3 rings (SSSR count). The van der Waals surface area contributed by atoms with Gasteiger partial charge in [0.25, 0.3) is 0 Å². The summed E-state index contributed by atoms with van der Waals surface area (Å²) >= 11 is 5.82. The van der Waals surface area contributed by atoms with Crippen molar-refractivity contribution in [1.29, 1.82) is 0 Å². The van der Waals surface area contributed by atoms with Gasteiger partial charge in [0.05, 0.1) is 9.80 Å². The third kappa shape index (κ3) is 3.84. The zero-order valence-corrected chi connectivity index (χ0v) is 14.9. The molecule has 0 unspecified atom stereocenters. The number of hydrogen-bond acceptors (Lipinski definition) is 2. The van der Waals surface area contributed by atoms with Gasteiger partial charge in [-0.1, -0.05) is 41.9 Å². The molecular formula is C20H13ClF2O2S. The van der Waals surface area contributed by atoms with Crippen LogP contribution < -0.4 is 0 Å². The van der Waals surface area contributed by atoms with Crippen molar-refractivity contribution in [2.45, 2.75) is 4.90 Å². The Balaban J connectivity index is 2.26. The molecule has 0 saturated heterocycles. The second-order valence-corrected chi connectivity index (χ2v) is 7.86. The lowest BCUT2D eigenvalue weighted by molar-refractivity contribution is 0.594. The predicted octanol–water partition coefficient (Wildman–Crippen LogP) is 5.59. The molecule has 0 heterocycles. The van der Waals surface area contributed by atoms with Crippen LogP contribution in [0.4, 0.5) is 8.78 Å². The fraction of sp³-hybridized carbons (Fsp3) is 0. The Morgan fingerprint density at radius 1 is 0.885 bits per heavy atom. The number of hydrogen-bond donors (Lipinski definition) is 0. The molecule has 0 aromatic heterocycles. The van der Waals surface area contributed by atoms with Crippen molar-refractivity contribution in [1.82, 2.24) is 0 Å². The fourth-order valence-electron chi connectivity index (χ4n) is 2.43. The van der Waals surface area contributed by atoms with Crippen LogP contribution in [0.15, 0.2) is 77.7 Å². The maximum atomic E-state index is 14.3. The third-order valence-corrected chi connectivity index (χ3v) is 5.77. The first kappa shape index (κ1) is 18.3. The summed E-state index contributed by atoms with van der Waals surface area (Å²) in [6.07, 6.45) is 1.32. The quantitative estimate of drug-likeness (QED) is 0.544. The van der Waals surface area contributed by atoms with Gasteiger partial charge in [-0.25, -0.2) is 17.2 Å². The van der Waals surface area contributed by atoms with Crippen molar-refractivity contribution in [3.8, 4) is 0 Å². The second kappa shape index (κ2) is 7.40. The van der Waals surface area contributed by atoms with E-state index in [-0.39, 0.29) is 15.4 Å². The topological polar surface area (TPSA) is 34.1 Å². The Bertz CT molecular complexity index is 1060. The smallest absolute Gasteiger partial charge is 0.207 e. The Morgan fingerprint density at radius 3 is 2.19 bits per heavy atom. The zero-order chi connectivity index (χ0) is 18.7. The second-order valence-electron chi connectivity index (χ2n) is 5.50. The zero-order valence-electron chi connectivity index (χ0n) is 13.4. The molecule has 26 heavy (non-hydrogen) atoms. The van der Waals surface area contributed by atoms with Gasteiger partial charge in [-0.2, -0.15) is 0 Å². The summed E-state index contributed by atoms with van der Waals surface area (Å²) in [7, 11) is -4.11. The SMILES string of the molecule is O=S(=O)(/C(=C/c1ccccc1)c1cc(F)ccc1F)c1ccc(Cl)cc1. The molecule has 0 atom stereocenters. The molecule has 0 saturated carbocycles. The lowest BCUT2D eigenvalue weighted by Gasteiger charge is -2.12. The van der Waals surface area contributed by atoms with Crippen molar-refractivity contribution in [3.05, 3.63) is 101 Å². The van der Waals surface area contributed by atoms with Gasteiger partial charge in [-0.3, -0.25) is 0 Å². The van der Waals surface area contributed by atoms with E-state index in [2.05, 4.69) is 0 Å². The van der Waals surface area contributed by atoms with E-state index < -0.39 is 21.5 Å². The first-order valence-electron chi connectivity index (χ1n) is 7.61. The first-order valence-corrected chi connectivity index (χ1v) is 9.47. The van der Waals surface area contributed by atoms with Crippen LogP contribution in [0.25, 0.3) is 11.0 Å². The van der Waals surface area contributed by atoms with E-state index in [1.807, 2.05) is 0 Å². The fourth-order valence-corrected chi connectivity index (χ4v) is 4.04. The molecule has 0 fully saturated rings. The van der Waals surface area contributed by atoms with Crippen LogP contribution in [0.2, 0.25) is 5.02 Å². The van der Waals surface area contributed by atoms with Crippen LogP contribution in [0, 0.1) is 11.6 Å². The molecule has 3 aromatic rings. The summed E-state index contributed by atoms with van der Waals surface area (Å²) in [5.74, 6) is -1.56. The third-order valence-electron chi connectivity index (χ3n) is 3.70. The molecule has 0 spiro atoms. The van der Waals surface area contributed by atoms with E-state index in [4.69, 9.17) is 11.6 Å². The monoisotopic (exact) mass is 390 g/mol. The van der Waals surface area contributed by atoms with Crippen LogP contribution in [-0.4, -0.2) is 8.42 Å². The molecule has 3 aromatic carbocycles. The minimum atomic E-state index is -4.11. The summed E-state index contributed by atoms with van der Waals surface area (Å²) in [6.45, 7) is 0. The highest BCUT2D eigenvalue weighted by Gasteiger charge is 2.25. The predicted molar refractivity (Wildman–Crippen MR) is 99.3 cm³/mol. The highest BCUT2D eigenvalue weighted by atomic mass is 35.5. The summed E-state index contributed by atoms with van der Waals surface area (Å²) in [4.78, 5) is -0.393. The first-order chi connectivity index (χ1) is 12.4.